The minimum absolute atomic E-state index is 0.0401. The van der Waals surface area contributed by atoms with E-state index in [0.29, 0.717) is 24.4 Å². The maximum atomic E-state index is 13.8. The van der Waals surface area contributed by atoms with Crippen LogP contribution in [0, 0.1) is 5.82 Å². The van der Waals surface area contributed by atoms with Crippen LogP contribution < -0.4 is 25.4 Å². The van der Waals surface area contributed by atoms with Crippen LogP contribution in [0.3, 0.4) is 0 Å². The summed E-state index contributed by atoms with van der Waals surface area (Å²) in [4.78, 5) is 13.4. The van der Waals surface area contributed by atoms with Gasteiger partial charge in [-0.1, -0.05) is 49.4 Å². The molecule has 1 fully saturated rings. The lowest BCUT2D eigenvalue weighted by Gasteiger charge is -2.41. The molecule has 3 aromatic rings. The van der Waals surface area contributed by atoms with Gasteiger partial charge in [-0.15, -0.1) is 0 Å². The number of carbonyl (C=O) groups is 1. The number of carbonyl (C=O) groups excluding carboxylic acids is 1. The fraction of sp³-hybridized carbons (Fsp3) is 0.441. The lowest BCUT2D eigenvalue weighted by atomic mass is 9.85. The number of anilines is 1. The lowest BCUT2D eigenvalue weighted by molar-refractivity contribution is -0.129. The molecule has 3 aliphatic rings. The smallest absolute Gasteiger partial charge is 0.263 e. The van der Waals surface area contributed by atoms with Crippen molar-refractivity contribution in [3.63, 3.8) is 0 Å². The summed E-state index contributed by atoms with van der Waals surface area (Å²) in [5.74, 6) is 0.445. The van der Waals surface area contributed by atoms with E-state index in [1.54, 1.807) is 6.07 Å². The molecule has 1 saturated carbocycles. The van der Waals surface area contributed by atoms with Crippen molar-refractivity contribution in [3.8, 4) is 11.5 Å². The van der Waals surface area contributed by atoms with Crippen LogP contribution in [0.5, 0.6) is 11.5 Å². The van der Waals surface area contributed by atoms with Crippen LogP contribution >= 0.6 is 0 Å². The summed E-state index contributed by atoms with van der Waals surface area (Å²) < 4.78 is 26.2. The zero-order valence-corrected chi connectivity index (χ0v) is 24.1. The Morgan fingerprint density at radius 1 is 1.07 bits per heavy atom. The highest BCUT2D eigenvalue weighted by atomic mass is 19.1. The topological polar surface area (TPSA) is 91.9 Å². The molecular formula is C34H40FN3O4. The first-order valence-corrected chi connectivity index (χ1v) is 15.2. The first-order valence-electron chi connectivity index (χ1n) is 15.2. The molecule has 0 radical (unpaired) electrons. The Hall–Kier alpha value is -3.62. The van der Waals surface area contributed by atoms with E-state index < -0.39 is 24.1 Å². The molecule has 1 unspecified atom stereocenters. The molecule has 2 heterocycles. The molecule has 4 atom stereocenters. The van der Waals surface area contributed by atoms with Crippen molar-refractivity contribution in [1.29, 1.82) is 0 Å². The van der Waals surface area contributed by atoms with Crippen LogP contribution in [0.25, 0.3) is 0 Å². The van der Waals surface area contributed by atoms with Gasteiger partial charge in [0.2, 0.25) is 0 Å². The molecule has 4 N–H and O–H groups in total. The van der Waals surface area contributed by atoms with Crippen molar-refractivity contribution in [2.24, 2.45) is 0 Å². The first-order chi connectivity index (χ1) is 20.4. The van der Waals surface area contributed by atoms with Gasteiger partial charge >= 0.3 is 0 Å². The quantitative estimate of drug-likeness (QED) is 0.286. The molecule has 6 rings (SSSR count). The number of hydrogen-bond donors (Lipinski definition) is 4. The predicted octanol–water partition coefficient (Wildman–Crippen LogP) is 5.08. The van der Waals surface area contributed by atoms with E-state index in [4.69, 9.17) is 9.47 Å². The Kier molecular flexibility index (Phi) is 8.36. The van der Waals surface area contributed by atoms with Crippen molar-refractivity contribution in [3.05, 3.63) is 89.2 Å². The zero-order valence-electron chi connectivity index (χ0n) is 24.1. The molecule has 3 aromatic carbocycles. The minimum atomic E-state index is -0.865. The molecule has 0 saturated heterocycles. The summed E-state index contributed by atoms with van der Waals surface area (Å²) in [6, 6.07) is 20.0. The number of rotatable bonds is 9. The normalized spacial score (nSPS) is 21.7. The fourth-order valence-corrected chi connectivity index (χ4v) is 6.56. The second kappa shape index (κ2) is 12.3. The first kappa shape index (κ1) is 28.5. The Bertz CT molecular complexity index is 1390. The van der Waals surface area contributed by atoms with Crippen molar-refractivity contribution in [1.82, 2.24) is 10.6 Å². The van der Waals surface area contributed by atoms with Crippen molar-refractivity contribution in [2.45, 2.75) is 81.8 Å². The maximum absolute atomic E-state index is 13.8. The van der Waals surface area contributed by atoms with Gasteiger partial charge in [-0.25, -0.2) is 4.39 Å². The Labute approximate surface area is 246 Å². The summed E-state index contributed by atoms with van der Waals surface area (Å²) in [6.45, 7) is 2.69. The lowest BCUT2D eigenvalue weighted by Crippen LogP contribution is -2.54. The number of halogens is 1. The minimum Gasteiger partial charge on any atom is -0.487 e. The average molecular weight is 574 g/mol. The molecule has 0 aromatic heterocycles. The summed E-state index contributed by atoms with van der Waals surface area (Å²) in [5.41, 5.74) is 3.88. The van der Waals surface area contributed by atoms with E-state index in [-0.39, 0.29) is 24.1 Å². The highest BCUT2D eigenvalue weighted by molar-refractivity contribution is 5.83. The molecule has 2 aliphatic heterocycles. The van der Waals surface area contributed by atoms with E-state index >= 15 is 0 Å². The van der Waals surface area contributed by atoms with E-state index in [0.717, 1.165) is 55.4 Å². The largest absolute Gasteiger partial charge is 0.487 e. The number of hydrogen-bond acceptors (Lipinski definition) is 6. The van der Waals surface area contributed by atoms with Gasteiger partial charge in [-0.2, -0.15) is 0 Å². The van der Waals surface area contributed by atoms with Gasteiger partial charge in [0.15, 0.2) is 6.10 Å². The molecule has 1 aliphatic carbocycles. The second-order valence-corrected chi connectivity index (χ2v) is 11.9. The molecule has 1 amide bonds. The van der Waals surface area contributed by atoms with E-state index in [2.05, 4.69) is 41.1 Å². The number of benzene rings is 3. The molecule has 1 spiro atoms. The van der Waals surface area contributed by atoms with E-state index in [1.165, 1.54) is 17.7 Å². The van der Waals surface area contributed by atoms with Gasteiger partial charge in [0.1, 0.15) is 22.9 Å². The van der Waals surface area contributed by atoms with Gasteiger partial charge in [0, 0.05) is 30.6 Å². The SMILES string of the molecule is CCc1ccc2c(c1)[C@@H](NC[C@@H](O)[C@H](Cc1ccccc1)NC(=O)C1CNc3ccc(F)cc3O1)CC1(CCCC1)O2. The Morgan fingerprint density at radius 3 is 2.67 bits per heavy atom. The highest BCUT2D eigenvalue weighted by Crippen LogP contribution is 2.47. The van der Waals surface area contributed by atoms with Gasteiger partial charge in [0.25, 0.3) is 5.91 Å². The standard InChI is InChI=1S/C34H40FN3O4/c1-2-22-10-13-30-25(16-22)28(19-34(42-30)14-6-7-15-34)36-20-29(39)27(17-23-8-4-3-5-9-23)38-33(40)32-21-37-26-12-11-24(35)18-31(26)41-32/h3-5,8-13,16,18,27-29,32,36-37,39H,2,6-7,14-15,17,19-21H2,1H3,(H,38,40)/t27-,28-,29+,32?/m0/s1. The fourth-order valence-electron chi connectivity index (χ4n) is 6.56. The van der Waals surface area contributed by atoms with Crippen LogP contribution in [0.2, 0.25) is 0 Å². The average Bonchev–Trinajstić information content (AvgIpc) is 3.46. The monoisotopic (exact) mass is 573 g/mol. The van der Waals surface area contributed by atoms with Crippen molar-refractivity contribution < 1.29 is 23.8 Å². The predicted molar refractivity (Wildman–Crippen MR) is 160 cm³/mol. The Balaban J connectivity index is 1.17. The number of aryl methyl sites for hydroxylation is 1. The second-order valence-electron chi connectivity index (χ2n) is 11.9. The van der Waals surface area contributed by atoms with Gasteiger partial charge in [0.05, 0.1) is 24.4 Å². The van der Waals surface area contributed by atoms with Crippen LogP contribution in [0.1, 0.15) is 61.8 Å². The third-order valence-electron chi connectivity index (χ3n) is 8.92. The van der Waals surface area contributed by atoms with E-state index in [9.17, 15) is 14.3 Å². The number of aliphatic hydroxyl groups excluding tert-OH is 1. The molecule has 7 nitrogen and oxygen atoms in total. The molecule has 42 heavy (non-hydrogen) atoms. The number of amides is 1. The van der Waals surface area contributed by atoms with Crippen LogP contribution in [-0.4, -0.2) is 48.0 Å². The number of nitrogens with one attached hydrogen (secondary N) is 3. The van der Waals surface area contributed by atoms with Gasteiger partial charge < -0.3 is 30.5 Å². The molecule has 0 bridgehead atoms. The van der Waals surface area contributed by atoms with Gasteiger partial charge in [-0.05, 0) is 67.9 Å². The van der Waals surface area contributed by atoms with E-state index in [1.807, 2.05) is 30.3 Å². The molecule has 222 valence electrons. The summed E-state index contributed by atoms with van der Waals surface area (Å²) in [7, 11) is 0. The summed E-state index contributed by atoms with van der Waals surface area (Å²) in [6.07, 6.45) is 4.94. The van der Waals surface area contributed by atoms with Crippen molar-refractivity contribution in [2.75, 3.05) is 18.4 Å². The van der Waals surface area contributed by atoms with Crippen LogP contribution in [-0.2, 0) is 17.6 Å². The van der Waals surface area contributed by atoms with Crippen LogP contribution in [0.4, 0.5) is 10.1 Å². The zero-order chi connectivity index (χ0) is 29.1. The number of fused-ring (bicyclic) bond motifs is 2. The third-order valence-corrected chi connectivity index (χ3v) is 8.92. The maximum Gasteiger partial charge on any atom is 0.263 e. The summed E-state index contributed by atoms with van der Waals surface area (Å²) >= 11 is 0. The van der Waals surface area contributed by atoms with Gasteiger partial charge in [-0.3, -0.25) is 4.79 Å². The third kappa shape index (κ3) is 6.25. The summed E-state index contributed by atoms with van der Waals surface area (Å²) in [5, 5.41) is 21.4. The molecular weight excluding hydrogens is 533 g/mol. The highest BCUT2D eigenvalue weighted by Gasteiger charge is 2.43. The Morgan fingerprint density at radius 2 is 1.88 bits per heavy atom. The number of ether oxygens (including phenoxy) is 2. The number of aliphatic hydroxyl groups is 1. The van der Waals surface area contributed by atoms with Crippen molar-refractivity contribution >= 4 is 11.6 Å². The van der Waals surface area contributed by atoms with Crippen LogP contribution in [0.15, 0.2) is 66.7 Å². The molecule has 8 heteroatoms.